The van der Waals surface area contributed by atoms with Crippen LogP contribution in [0.2, 0.25) is 0 Å². The van der Waals surface area contributed by atoms with Gasteiger partial charge in [0.2, 0.25) is 0 Å². The van der Waals surface area contributed by atoms with Gasteiger partial charge in [-0.15, -0.1) is 0 Å². The van der Waals surface area contributed by atoms with E-state index in [0.717, 1.165) is 0 Å². The Morgan fingerprint density at radius 1 is 0.500 bits per heavy atom. The molecule has 3 nitrogen and oxygen atoms in total. The molecular formula is C9H6ClO3Tc-. The Balaban J connectivity index is -0.0000000300. The summed E-state index contributed by atoms with van der Waals surface area (Å²) < 4.78 is 22.5. The van der Waals surface area contributed by atoms with Gasteiger partial charge in [-0.25, -0.2) is 0 Å². The monoisotopic (exact) mass is 294 g/mol. The van der Waals surface area contributed by atoms with Crippen molar-refractivity contribution in [1.82, 2.24) is 0 Å². The molecule has 14 heavy (non-hydrogen) atoms. The fourth-order valence-electron chi connectivity index (χ4n) is 0.385. The SMILES string of the molecule is [C-]#[O+].[C-]#[O+].[C-]#[O+].[CH]1[CH][CH][CH][CH][CH]1.[Cl-].[Tc]. The molecule has 0 atom stereocenters. The molecule has 0 spiro atoms. The molecule has 1 fully saturated rings. The van der Waals surface area contributed by atoms with E-state index in [0.29, 0.717) is 0 Å². The Morgan fingerprint density at radius 2 is 0.571 bits per heavy atom. The fraction of sp³-hybridized carbons (Fsp3) is 0. The Morgan fingerprint density at radius 3 is 0.643 bits per heavy atom. The standard InChI is InChI=1S/C6H6.3CO.ClH.Tc/c1-2-4-6-5-3-1;3*1-2;;/h1-6H;;;;1H;/p-1. The predicted molar refractivity (Wildman–Crippen MR) is 37.6 cm³/mol. The molecular weight excluding hydrogens is 290 g/mol. The molecule has 0 heterocycles. The van der Waals surface area contributed by atoms with Gasteiger partial charge in [-0.05, 0) is 38.5 Å². The van der Waals surface area contributed by atoms with E-state index in [1.54, 1.807) is 0 Å². The van der Waals surface area contributed by atoms with Crippen LogP contribution in [0.15, 0.2) is 0 Å². The van der Waals surface area contributed by atoms with Gasteiger partial charge in [0.1, 0.15) is 0 Å². The molecule has 1 aliphatic rings. The Bertz CT molecular complexity index is 93.2. The van der Waals surface area contributed by atoms with Crippen LogP contribution in [0.1, 0.15) is 0 Å². The van der Waals surface area contributed by atoms with Crippen LogP contribution in [0.25, 0.3) is 0 Å². The van der Waals surface area contributed by atoms with E-state index in [4.69, 9.17) is 14.0 Å². The summed E-state index contributed by atoms with van der Waals surface area (Å²) in [4.78, 5) is 0. The Kier molecular flexibility index (Phi) is 107. The average molecular weight is 296 g/mol. The first-order chi connectivity index (χ1) is 6.00. The summed E-state index contributed by atoms with van der Waals surface area (Å²) in [7, 11) is 0. The summed E-state index contributed by atoms with van der Waals surface area (Å²) in [6.45, 7) is 13.5. The van der Waals surface area contributed by atoms with Crippen molar-refractivity contribution in [1.29, 1.82) is 0 Å². The predicted octanol–water partition coefficient (Wildman–Crippen LogP) is -1.89. The smallest absolute Gasteiger partial charge is 0 e. The summed E-state index contributed by atoms with van der Waals surface area (Å²) in [6.07, 6.45) is 12.0. The first-order valence-corrected chi connectivity index (χ1v) is 2.61. The maximum absolute atomic E-state index is 7.50. The average Bonchev–Trinajstić information content (AvgIpc) is 2.29. The van der Waals surface area contributed by atoms with Crippen LogP contribution in [0.5, 0.6) is 0 Å². The van der Waals surface area contributed by atoms with E-state index in [1.807, 2.05) is 38.5 Å². The largest absolute Gasteiger partial charge is 1.00 e. The van der Waals surface area contributed by atoms with E-state index in [9.17, 15) is 0 Å². The Labute approximate surface area is 105 Å². The Hall–Kier alpha value is 0.159. The second-order valence-corrected chi connectivity index (χ2v) is 1.15. The van der Waals surface area contributed by atoms with Crippen molar-refractivity contribution in [2.24, 2.45) is 0 Å². The van der Waals surface area contributed by atoms with Gasteiger partial charge >= 0.3 is 33.9 Å². The van der Waals surface area contributed by atoms with Crippen molar-refractivity contribution in [2.75, 3.05) is 0 Å². The van der Waals surface area contributed by atoms with Crippen molar-refractivity contribution in [2.45, 2.75) is 0 Å². The molecule has 1 aliphatic carbocycles. The molecule has 0 aromatic heterocycles. The molecule has 0 aromatic rings. The molecule has 0 saturated heterocycles. The molecule has 5 heteroatoms. The summed E-state index contributed by atoms with van der Waals surface area (Å²) in [6, 6.07) is 0. The fourth-order valence-corrected chi connectivity index (χ4v) is 0.385. The summed E-state index contributed by atoms with van der Waals surface area (Å²) in [5.74, 6) is 0. The van der Waals surface area contributed by atoms with Gasteiger partial charge in [-0.1, -0.05) is 0 Å². The third-order valence-corrected chi connectivity index (χ3v) is 0.667. The minimum atomic E-state index is 0. The zero-order chi connectivity index (χ0) is 10.2. The van der Waals surface area contributed by atoms with Crippen molar-refractivity contribution in [3.63, 3.8) is 0 Å². The van der Waals surface area contributed by atoms with E-state index in [2.05, 4.69) is 20.0 Å². The minimum absolute atomic E-state index is 0. The number of hydrogen-bond acceptors (Lipinski definition) is 0. The maximum atomic E-state index is 7.50. The third-order valence-electron chi connectivity index (χ3n) is 0.667. The molecule has 0 amide bonds. The number of hydrogen-bond donors (Lipinski definition) is 0. The molecule has 0 unspecified atom stereocenters. The van der Waals surface area contributed by atoms with Gasteiger partial charge in [-0.3, -0.25) is 0 Å². The molecule has 75 valence electrons. The summed E-state index contributed by atoms with van der Waals surface area (Å²) in [5.41, 5.74) is 0. The molecule has 0 aliphatic heterocycles. The van der Waals surface area contributed by atoms with Crippen LogP contribution in [0.4, 0.5) is 0 Å². The molecule has 0 bridgehead atoms. The molecule has 1 rings (SSSR count). The van der Waals surface area contributed by atoms with Crippen LogP contribution in [0, 0.1) is 58.5 Å². The van der Waals surface area contributed by atoms with E-state index < -0.39 is 0 Å². The van der Waals surface area contributed by atoms with Gasteiger partial charge in [0, 0.05) is 20.1 Å². The topological polar surface area (TPSA) is 59.7 Å². The van der Waals surface area contributed by atoms with Crippen molar-refractivity contribution >= 4 is 0 Å². The van der Waals surface area contributed by atoms with Gasteiger partial charge in [0.15, 0.2) is 0 Å². The van der Waals surface area contributed by atoms with Crippen molar-refractivity contribution in [3.05, 3.63) is 58.5 Å². The first kappa shape index (κ1) is 29.2. The van der Waals surface area contributed by atoms with E-state index >= 15 is 0 Å². The van der Waals surface area contributed by atoms with Gasteiger partial charge in [0.05, 0.1) is 0 Å². The normalized spacial score (nSPS) is 10.7. The first-order valence-electron chi connectivity index (χ1n) is 2.61. The van der Waals surface area contributed by atoms with Gasteiger partial charge < -0.3 is 12.4 Å². The quantitative estimate of drug-likeness (QED) is 0.371. The van der Waals surface area contributed by atoms with Crippen LogP contribution >= 0.6 is 0 Å². The molecule has 1 saturated carbocycles. The second-order valence-electron chi connectivity index (χ2n) is 1.15. The van der Waals surface area contributed by atoms with Crippen molar-refractivity contribution < 1.29 is 46.5 Å². The van der Waals surface area contributed by atoms with Crippen LogP contribution in [-0.4, -0.2) is 0 Å². The van der Waals surface area contributed by atoms with Gasteiger partial charge in [0.25, 0.3) is 0 Å². The number of halogens is 1. The third kappa shape index (κ3) is 39.9. The van der Waals surface area contributed by atoms with Crippen molar-refractivity contribution in [3.8, 4) is 0 Å². The van der Waals surface area contributed by atoms with Gasteiger partial charge in [-0.2, -0.15) is 0 Å². The molecule has 0 N–H and O–H groups in total. The minimum Gasteiger partial charge on any atom is -1.00 e. The van der Waals surface area contributed by atoms with Crippen LogP contribution in [-0.2, 0) is 34.1 Å². The van der Waals surface area contributed by atoms with Crippen LogP contribution < -0.4 is 12.4 Å². The molecule has 7 radical (unpaired) electrons. The molecule has 0 aromatic carbocycles. The zero-order valence-corrected chi connectivity index (χ0v) is 9.56. The van der Waals surface area contributed by atoms with E-state index in [1.165, 1.54) is 0 Å². The zero-order valence-electron chi connectivity index (χ0n) is 6.94. The van der Waals surface area contributed by atoms with E-state index in [-0.39, 0.29) is 32.5 Å². The van der Waals surface area contributed by atoms with Crippen LogP contribution in [0.3, 0.4) is 0 Å². The number of rotatable bonds is 0. The summed E-state index contributed by atoms with van der Waals surface area (Å²) >= 11 is 0. The maximum Gasteiger partial charge on any atom is 0 e. The second kappa shape index (κ2) is 51.3. The summed E-state index contributed by atoms with van der Waals surface area (Å²) in [5, 5.41) is 0.